The van der Waals surface area contributed by atoms with Gasteiger partial charge in [-0.2, -0.15) is 0 Å². The van der Waals surface area contributed by atoms with Crippen molar-refractivity contribution in [1.29, 1.82) is 0 Å². The lowest BCUT2D eigenvalue weighted by Gasteiger charge is -2.18. The lowest BCUT2D eigenvalue weighted by molar-refractivity contribution is 0.0696. The first-order valence-electron chi connectivity index (χ1n) is 12.0. The number of aromatic nitrogens is 1. The van der Waals surface area contributed by atoms with Crippen LogP contribution in [0.5, 0.6) is 5.88 Å². The molecule has 0 aliphatic carbocycles. The number of nitrogens with one attached hydrogen (secondary N) is 1. The first-order valence-corrected chi connectivity index (χ1v) is 12.0. The summed E-state index contributed by atoms with van der Waals surface area (Å²) >= 11 is 0. The Kier molecular flexibility index (Phi) is 7.69. The second kappa shape index (κ2) is 11.1. The number of amides is 1. The number of fused-ring (bicyclic) bond motifs is 1. The van der Waals surface area contributed by atoms with E-state index in [4.69, 9.17) is 4.99 Å². The van der Waals surface area contributed by atoms with Crippen LogP contribution in [0.1, 0.15) is 38.3 Å². The molecule has 1 amide bonds. The number of aromatic amines is 1. The largest absolute Gasteiger partial charge is 0.494 e. The molecule has 3 aromatic carbocycles. The molecule has 0 aliphatic heterocycles. The van der Waals surface area contributed by atoms with Gasteiger partial charge in [0.25, 0.3) is 5.91 Å². The van der Waals surface area contributed by atoms with E-state index in [0.29, 0.717) is 40.0 Å². The fraction of sp³-hybridized carbons (Fsp3) is 0.207. The zero-order valence-electron chi connectivity index (χ0n) is 21.1. The summed E-state index contributed by atoms with van der Waals surface area (Å²) in [4.78, 5) is 35.8. The minimum Gasteiger partial charge on any atom is -0.494 e. The van der Waals surface area contributed by atoms with Gasteiger partial charge in [-0.25, -0.2) is 9.79 Å². The molecule has 0 fully saturated rings. The van der Waals surface area contributed by atoms with Gasteiger partial charge in [-0.3, -0.25) is 4.79 Å². The molecule has 4 aromatic rings. The number of carbonyl (C=O) groups excluding carboxylic acids is 1. The van der Waals surface area contributed by atoms with Crippen LogP contribution in [0, 0.1) is 0 Å². The molecule has 3 N–H and O–H groups in total. The van der Waals surface area contributed by atoms with E-state index in [2.05, 4.69) is 9.88 Å². The van der Waals surface area contributed by atoms with Crippen LogP contribution in [-0.4, -0.2) is 76.8 Å². The molecule has 0 saturated carbocycles. The number of carbonyl (C=O) groups is 2. The molecular formula is C29H30N4O4. The maximum Gasteiger partial charge on any atom is 0.335 e. The number of carboxylic acid groups (broad SMARTS) is 1. The molecule has 37 heavy (non-hydrogen) atoms. The van der Waals surface area contributed by atoms with E-state index in [0.717, 1.165) is 18.5 Å². The third-order valence-electron chi connectivity index (χ3n) is 6.11. The van der Waals surface area contributed by atoms with Gasteiger partial charge in [0, 0.05) is 35.6 Å². The van der Waals surface area contributed by atoms with E-state index in [1.165, 1.54) is 12.1 Å². The maximum absolute atomic E-state index is 12.8. The smallest absolute Gasteiger partial charge is 0.335 e. The number of aromatic hydroxyl groups is 1. The van der Waals surface area contributed by atoms with Gasteiger partial charge in [0.05, 0.1) is 22.5 Å². The zero-order chi connectivity index (χ0) is 26.5. The van der Waals surface area contributed by atoms with Crippen molar-refractivity contribution in [2.24, 2.45) is 4.99 Å². The normalized spacial score (nSPS) is 11.7. The fourth-order valence-electron chi connectivity index (χ4n) is 4.17. The minimum atomic E-state index is -1.05. The molecular weight excluding hydrogens is 468 g/mol. The van der Waals surface area contributed by atoms with Gasteiger partial charge in [-0.15, -0.1) is 0 Å². The van der Waals surface area contributed by atoms with E-state index < -0.39 is 5.97 Å². The van der Waals surface area contributed by atoms with E-state index >= 15 is 0 Å². The lowest BCUT2D eigenvalue weighted by Crippen LogP contribution is -2.29. The van der Waals surface area contributed by atoms with Crippen LogP contribution in [0.15, 0.2) is 77.8 Å². The second-order valence-electron chi connectivity index (χ2n) is 9.17. The van der Waals surface area contributed by atoms with Crippen molar-refractivity contribution in [3.63, 3.8) is 0 Å². The Labute approximate surface area is 215 Å². The summed E-state index contributed by atoms with van der Waals surface area (Å²) < 4.78 is 0. The number of H-pyrrole nitrogens is 1. The molecule has 8 nitrogen and oxygen atoms in total. The van der Waals surface area contributed by atoms with Gasteiger partial charge < -0.3 is 25.0 Å². The topological polar surface area (TPSA) is 109 Å². The molecule has 1 heterocycles. The van der Waals surface area contributed by atoms with Gasteiger partial charge in [0.15, 0.2) is 5.88 Å². The summed E-state index contributed by atoms with van der Waals surface area (Å²) in [7, 11) is 5.81. The third kappa shape index (κ3) is 5.87. The highest BCUT2D eigenvalue weighted by atomic mass is 16.4. The van der Waals surface area contributed by atoms with Crippen LogP contribution in [0.25, 0.3) is 10.9 Å². The molecule has 190 valence electrons. The average Bonchev–Trinajstić information content (AvgIpc) is 3.22. The summed E-state index contributed by atoms with van der Waals surface area (Å²) in [5.41, 5.74) is 3.57. The standard InChI is InChI=1S/C29H30N4O4/c1-32(2)16-7-17-33(3)28(35)20-10-13-22(14-11-20)30-26(19-8-5-4-6-9-19)25-23-15-12-21(29(36)37)18-24(23)31-27(25)34/h4-6,8-15,18,31,34H,7,16-17H2,1-3H3,(H,36,37). The Bertz CT molecular complexity index is 1440. The molecule has 4 rings (SSSR count). The summed E-state index contributed by atoms with van der Waals surface area (Å²) in [6.45, 7) is 1.57. The number of carboxylic acids is 1. The van der Waals surface area contributed by atoms with Crippen molar-refractivity contribution >= 4 is 34.2 Å². The zero-order valence-corrected chi connectivity index (χ0v) is 21.1. The average molecular weight is 499 g/mol. The van der Waals surface area contributed by atoms with Crippen molar-refractivity contribution in [3.05, 3.63) is 95.1 Å². The highest BCUT2D eigenvalue weighted by Gasteiger charge is 2.20. The van der Waals surface area contributed by atoms with Crippen LogP contribution in [0.4, 0.5) is 5.69 Å². The Morgan fingerprint density at radius 1 is 0.865 bits per heavy atom. The molecule has 0 spiro atoms. The first kappa shape index (κ1) is 25.7. The fourth-order valence-corrected chi connectivity index (χ4v) is 4.17. The second-order valence-corrected chi connectivity index (χ2v) is 9.17. The number of benzene rings is 3. The third-order valence-corrected chi connectivity index (χ3v) is 6.11. The number of aliphatic imine (C=N–C) groups is 1. The monoisotopic (exact) mass is 498 g/mol. The minimum absolute atomic E-state index is 0.0546. The van der Waals surface area contributed by atoms with E-state index in [-0.39, 0.29) is 17.4 Å². The number of hydrogen-bond acceptors (Lipinski definition) is 5. The molecule has 0 atom stereocenters. The van der Waals surface area contributed by atoms with Crippen LogP contribution in [-0.2, 0) is 0 Å². The molecule has 0 saturated heterocycles. The number of aromatic carboxylic acids is 1. The Hall–Kier alpha value is -4.43. The summed E-state index contributed by atoms with van der Waals surface area (Å²) in [5.74, 6) is -1.21. The Morgan fingerprint density at radius 2 is 1.54 bits per heavy atom. The highest BCUT2D eigenvalue weighted by Crippen LogP contribution is 2.32. The number of rotatable bonds is 9. The van der Waals surface area contributed by atoms with Crippen LogP contribution >= 0.6 is 0 Å². The predicted octanol–water partition coefficient (Wildman–Crippen LogP) is 4.76. The van der Waals surface area contributed by atoms with E-state index in [1.807, 2.05) is 44.4 Å². The first-order chi connectivity index (χ1) is 17.7. The van der Waals surface area contributed by atoms with Crippen molar-refractivity contribution in [1.82, 2.24) is 14.8 Å². The van der Waals surface area contributed by atoms with Crippen molar-refractivity contribution < 1.29 is 19.8 Å². The molecule has 1 aromatic heterocycles. The highest BCUT2D eigenvalue weighted by molar-refractivity contribution is 6.22. The quantitative estimate of drug-likeness (QED) is 0.288. The summed E-state index contributed by atoms with van der Waals surface area (Å²) in [5, 5.41) is 20.8. The lowest BCUT2D eigenvalue weighted by atomic mass is 10.00. The summed E-state index contributed by atoms with van der Waals surface area (Å²) in [6.07, 6.45) is 0.889. The maximum atomic E-state index is 12.8. The molecule has 0 unspecified atom stereocenters. The molecule has 0 radical (unpaired) electrons. The van der Waals surface area contributed by atoms with Gasteiger partial charge in [-0.1, -0.05) is 36.4 Å². The SMILES string of the molecule is CN(C)CCCN(C)C(=O)c1ccc(N=C(c2ccccc2)c2c(O)[nH]c3cc(C(=O)O)ccc23)cc1. The van der Waals surface area contributed by atoms with E-state index in [9.17, 15) is 19.8 Å². The Morgan fingerprint density at radius 3 is 2.19 bits per heavy atom. The molecule has 0 bridgehead atoms. The van der Waals surface area contributed by atoms with Gasteiger partial charge in [0.1, 0.15) is 0 Å². The van der Waals surface area contributed by atoms with Crippen molar-refractivity contribution in [3.8, 4) is 5.88 Å². The number of hydrogen-bond donors (Lipinski definition) is 3. The number of nitrogens with zero attached hydrogens (tertiary/aromatic N) is 3. The Balaban J connectivity index is 1.69. The van der Waals surface area contributed by atoms with Gasteiger partial charge >= 0.3 is 5.97 Å². The van der Waals surface area contributed by atoms with Gasteiger partial charge in [-0.05, 0) is 63.5 Å². The van der Waals surface area contributed by atoms with Crippen LogP contribution < -0.4 is 0 Å². The molecule has 0 aliphatic rings. The van der Waals surface area contributed by atoms with E-state index in [1.54, 1.807) is 42.3 Å². The summed E-state index contributed by atoms with van der Waals surface area (Å²) in [6, 6.07) is 21.1. The van der Waals surface area contributed by atoms with Crippen LogP contribution in [0.2, 0.25) is 0 Å². The van der Waals surface area contributed by atoms with Crippen LogP contribution in [0.3, 0.4) is 0 Å². The van der Waals surface area contributed by atoms with Crippen molar-refractivity contribution in [2.45, 2.75) is 6.42 Å². The van der Waals surface area contributed by atoms with Gasteiger partial charge in [0.2, 0.25) is 0 Å². The molecule has 8 heteroatoms. The predicted molar refractivity (Wildman–Crippen MR) is 145 cm³/mol. The van der Waals surface area contributed by atoms with Crippen molar-refractivity contribution in [2.75, 3.05) is 34.2 Å².